The molecule has 272 valence electrons. The maximum absolute atomic E-state index is 10.9. The lowest BCUT2D eigenvalue weighted by Crippen LogP contribution is -2.28. The number of carboxylic acid groups (broad SMARTS) is 2. The lowest BCUT2D eigenvalue weighted by atomic mass is 10.1. The minimum atomic E-state index is -1.13. The molecule has 0 spiro atoms. The monoisotopic (exact) mass is 725 g/mol. The Balaban J connectivity index is 1.83. The first kappa shape index (κ1) is 40.2. The van der Waals surface area contributed by atoms with Crippen LogP contribution in [0.5, 0.6) is 23.3 Å². The fourth-order valence-electron chi connectivity index (χ4n) is 4.53. The van der Waals surface area contributed by atoms with Gasteiger partial charge in [0.1, 0.15) is 24.2 Å². The number of allylic oxidation sites excluding steroid dienone is 2. The maximum Gasteiger partial charge on any atom is 0.306 e. The molecule has 15 nitrogen and oxygen atoms in total. The van der Waals surface area contributed by atoms with Crippen molar-refractivity contribution in [3.63, 3.8) is 0 Å². The van der Waals surface area contributed by atoms with Crippen molar-refractivity contribution in [3.8, 4) is 29.3 Å². The fraction of sp³-hybridized carbons (Fsp3) is 0.343. The number of carboxylic acids is 2. The van der Waals surface area contributed by atoms with Gasteiger partial charge in [0.25, 0.3) is 0 Å². The van der Waals surface area contributed by atoms with Crippen LogP contribution in [0.3, 0.4) is 0 Å². The first-order valence-corrected chi connectivity index (χ1v) is 16.0. The second-order valence-electron chi connectivity index (χ2n) is 11.0. The van der Waals surface area contributed by atoms with E-state index < -0.39 is 36.9 Å². The molecule has 2 heterocycles. The van der Waals surface area contributed by atoms with E-state index in [0.29, 0.717) is 28.0 Å². The van der Waals surface area contributed by atoms with Gasteiger partial charge in [-0.05, 0) is 18.2 Å². The van der Waals surface area contributed by atoms with E-state index in [0.717, 1.165) is 0 Å². The number of pyridine rings is 2. The molecule has 0 saturated heterocycles. The molecule has 0 aliphatic heterocycles. The van der Waals surface area contributed by atoms with E-state index in [1.807, 2.05) is 6.07 Å². The third kappa shape index (κ3) is 14.3. The Morgan fingerprint density at radius 3 is 2.31 bits per heavy atom. The van der Waals surface area contributed by atoms with Crippen molar-refractivity contribution in [3.05, 3.63) is 94.8 Å². The molecule has 6 N–H and O–H groups in total. The summed E-state index contributed by atoms with van der Waals surface area (Å²) >= 11 is 6.68. The van der Waals surface area contributed by atoms with E-state index in [2.05, 4.69) is 27.2 Å². The topological polar surface area (TPSA) is 226 Å². The predicted molar refractivity (Wildman–Crippen MR) is 184 cm³/mol. The zero-order valence-corrected chi connectivity index (χ0v) is 28.6. The van der Waals surface area contributed by atoms with E-state index in [1.165, 1.54) is 13.3 Å². The van der Waals surface area contributed by atoms with E-state index in [4.69, 9.17) is 40.8 Å². The first-order valence-electron chi connectivity index (χ1n) is 15.7. The number of methoxy groups -OCH3 is 1. The zero-order chi connectivity index (χ0) is 37.2. The molecule has 0 aliphatic rings. The summed E-state index contributed by atoms with van der Waals surface area (Å²) in [4.78, 5) is 30.2. The van der Waals surface area contributed by atoms with Gasteiger partial charge in [-0.3, -0.25) is 14.6 Å². The molecule has 0 saturated carbocycles. The van der Waals surface area contributed by atoms with Gasteiger partial charge in [0.05, 0.1) is 42.7 Å². The van der Waals surface area contributed by atoms with Crippen molar-refractivity contribution in [2.24, 2.45) is 0 Å². The van der Waals surface area contributed by atoms with Crippen LogP contribution in [0.15, 0.2) is 67.5 Å². The summed E-state index contributed by atoms with van der Waals surface area (Å²) in [7, 11) is 1.44. The number of aliphatic hydroxyl groups excluding tert-OH is 2. The number of aliphatic hydroxyl groups is 2. The summed E-state index contributed by atoms with van der Waals surface area (Å²) in [5, 5.41) is 53.0. The fourth-order valence-corrected chi connectivity index (χ4v) is 4.76. The average Bonchev–Trinajstić information content (AvgIpc) is 3.08. The largest absolute Gasteiger partial charge is 0.488 e. The number of benzene rings is 1. The molecular weight excluding hydrogens is 686 g/mol. The van der Waals surface area contributed by atoms with Crippen LogP contribution in [0.4, 0.5) is 0 Å². The summed E-state index contributed by atoms with van der Waals surface area (Å²) in [5.74, 6) is -1.28. The van der Waals surface area contributed by atoms with Gasteiger partial charge in [-0.15, -0.1) is 0 Å². The molecular formula is C35H40ClN5O10. The molecule has 16 heteroatoms. The van der Waals surface area contributed by atoms with Gasteiger partial charge in [-0.25, -0.2) is 0 Å². The number of halogens is 1. The number of carbonyl (C=O) groups is 2. The molecule has 1 unspecified atom stereocenters. The Bertz CT molecular complexity index is 1700. The summed E-state index contributed by atoms with van der Waals surface area (Å²) in [6.07, 6.45) is 4.39. The molecule has 0 fully saturated rings. The van der Waals surface area contributed by atoms with Crippen LogP contribution in [-0.4, -0.2) is 81.0 Å². The number of hydrogen-bond acceptors (Lipinski definition) is 13. The molecule has 3 atom stereocenters. The number of ether oxygens (including phenoxy) is 4. The molecule has 3 rings (SSSR count). The second-order valence-corrected chi connectivity index (χ2v) is 11.4. The zero-order valence-electron chi connectivity index (χ0n) is 27.8. The van der Waals surface area contributed by atoms with Gasteiger partial charge >= 0.3 is 11.9 Å². The number of nitriles is 1. The second kappa shape index (κ2) is 21.1. The normalized spacial score (nSPS) is 12.8. The standard InChI is InChI=1S/C35H40ClN5O10/c1-3-4-5-6-34(51-31-8-7-24(35(41-31)48-2)17-39-19-26(42)11-32(44)45)50-30-13-29(49-21-23-9-22(14-37)15-38-16-23)25(10-28(30)36)18-40-20-27(43)12-33(46)47/h3-5,7-10,13,15-16,26-27,34,39-40,42-43H,1,6,11-12,17-21H2,2H3,(H,44,45)(H,46,47)/b5-4-/t26-,27-,34?/m0/s1. The van der Waals surface area contributed by atoms with Crippen LogP contribution in [0, 0.1) is 11.3 Å². The van der Waals surface area contributed by atoms with Crippen LogP contribution >= 0.6 is 11.6 Å². The van der Waals surface area contributed by atoms with Gasteiger partial charge in [-0.1, -0.05) is 36.4 Å². The summed E-state index contributed by atoms with van der Waals surface area (Å²) in [6.45, 7) is 4.19. The van der Waals surface area contributed by atoms with Gasteiger partial charge in [0.2, 0.25) is 18.1 Å². The third-order valence-electron chi connectivity index (χ3n) is 6.86. The van der Waals surface area contributed by atoms with Crippen molar-refractivity contribution < 1.29 is 49.0 Å². The summed E-state index contributed by atoms with van der Waals surface area (Å²) < 4.78 is 23.9. The summed E-state index contributed by atoms with van der Waals surface area (Å²) in [5.41, 5.74) is 2.21. The van der Waals surface area contributed by atoms with E-state index in [-0.39, 0.29) is 68.2 Å². The minimum Gasteiger partial charge on any atom is -0.488 e. The van der Waals surface area contributed by atoms with E-state index in [9.17, 15) is 25.1 Å². The van der Waals surface area contributed by atoms with Crippen LogP contribution in [0.25, 0.3) is 0 Å². The maximum atomic E-state index is 10.9. The number of rotatable bonds is 23. The Labute approximate surface area is 299 Å². The highest BCUT2D eigenvalue weighted by molar-refractivity contribution is 6.32. The number of nitrogens with zero attached hydrogens (tertiary/aromatic N) is 3. The van der Waals surface area contributed by atoms with E-state index in [1.54, 1.807) is 54.8 Å². The lowest BCUT2D eigenvalue weighted by Gasteiger charge is -2.22. The van der Waals surface area contributed by atoms with Crippen molar-refractivity contribution in [2.45, 2.75) is 57.5 Å². The van der Waals surface area contributed by atoms with Gasteiger partial charge in [0, 0.05) is 73.8 Å². The highest BCUT2D eigenvalue weighted by atomic mass is 35.5. The molecule has 3 aromatic rings. The third-order valence-corrected chi connectivity index (χ3v) is 7.16. The van der Waals surface area contributed by atoms with Crippen LogP contribution in [0.1, 0.15) is 41.5 Å². The summed E-state index contributed by atoms with van der Waals surface area (Å²) in [6, 6.07) is 10.2. The minimum absolute atomic E-state index is 0.000706. The van der Waals surface area contributed by atoms with Crippen molar-refractivity contribution in [1.82, 2.24) is 20.6 Å². The number of aromatic nitrogens is 2. The highest BCUT2D eigenvalue weighted by Crippen LogP contribution is 2.35. The van der Waals surface area contributed by atoms with Crippen molar-refractivity contribution in [2.75, 3.05) is 20.2 Å². The SMILES string of the molecule is C=C/C=C\CC(Oc1ccc(CNC[C@@H](O)CC(=O)O)c(OC)n1)Oc1cc(OCc2cncc(C#N)c2)c(CNC[C@@H](O)CC(=O)O)cc1Cl. The van der Waals surface area contributed by atoms with Crippen LogP contribution in [-0.2, 0) is 29.3 Å². The van der Waals surface area contributed by atoms with Crippen LogP contribution < -0.4 is 29.6 Å². The van der Waals surface area contributed by atoms with Gasteiger partial charge in [0.15, 0.2) is 0 Å². The van der Waals surface area contributed by atoms with Crippen molar-refractivity contribution >= 4 is 23.5 Å². The van der Waals surface area contributed by atoms with Gasteiger partial charge in [-0.2, -0.15) is 10.2 Å². The Morgan fingerprint density at radius 1 is 1.00 bits per heavy atom. The average molecular weight is 726 g/mol. The molecule has 2 aromatic heterocycles. The molecule has 0 aliphatic carbocycles. The number of hydrogen-bond donors (Lipinski definition) is 6. The molecule has 0 radical (unpaired) electrons. The van der Waals surface area contributed by atoms with Crippen molar-refractivity contribution in [1.29, 1.82) is 5.26 Å². The quantitative estimate of drug-likeness (QED) is 0.0609. The Morgan fingerprint density at radius 2 is 1.69 bits per heavy atom. The first-order chi connectivity index (χ1) is 24.5. The van der Waals surface area contributed by atoms with Gasteiger partial charge < -0.3 is 50.0 Å². The lowest BCUT2D eigenvalue weighted by molar-refractivity contribution is -0.140. The molecule has 1 aromatic carbocycles. The molecule has 0 amide bonds. The Hall–Kier alpha value is -5.24. The number of nitrogens with one attached hydrogen (secondary N) is 2. The van der Waals surface area contributed by atoms with Crippen LogP contribution in [0.2, 0.25) is 5.02 Å². The number of aliphatic carboxylic acids is 2. The van der Waals surface area contributed by atoms with E-state index >= 15 is 0 Å². The Kier molecular flexibility index (Phi) is 16.6. The molecule has 51 heavy (non-hydrogen) atoms. The molecule has 0 bridgehead atoms. The smallest absolute Gasteiger partial charge is 0.306 e. The highest BCUT2D eigenvalue weighted by Gasteiger charge is 2.19. The predicted octanol–water partition coefficient (Wildman–Crippen LogP) is 3.36.